The molecule has 0 radical (unpaired) electrons. The van der Waals surface area contributed by atoms with Crippen molar-refractivity contribution in [1.82, 2.24) is 15.0 Å². The van der Waals surface area contributed by atoms with E-state index in [2.05, 4.69) is 20.3 Å². The largest absolute Gasteiger partial charge is 0.439 e. The van der Waals surface area contributed by atoms with E-state index in [-0.39, 0.29) is 16.9 Å². The zero-order valence-electron chi connectivity index (χ0n) is 14.5. The second kappa shape index (κ2) is 7.96. The first-order valence-electron chi connectivity index (χ1n) is 7.83. The first-order valence-corrected chi connectivity index (χ1v) is 8.21. The molecule has 0 atom stereocenters. The molecule has 0 saturated heterocycles. The number of aromatic nitrogens is 3. The van der Waals surface area contributed by atoms with Gasteiger partial charge in [-0.05, 0) is 30.3 Å². The third-order valence-electron chi connectivity index (χ3n) is 3.37. The fraction of sp³-hybridized carbons (Fsp3) is 0.111. The van der Waals surface area contributed by atoms with E-state index in [1.807, 2.05) is 0 Å². The van der Waals surface area contributed by atoms with Crippen molar-refractivity contribution in [1.29, 1.82) is 0 Å². The Morgan fingerprint density at radius 2 is 1.89 bits per heavy atom. The van der Waals surface area contributed by atoms with Gasteiger partial charge >= 0.3 is 0 Å². The number of ether oxygens (including phenoxy) is 1. The summed E-state index contributed by atoms with van der Waals surface area (Å²) in [5, 5.41) is 2.88. The number of halogens is 2. The number of carbonyl (C=O) groups excluding carboxylic acids is 1. The maximum absolute atomic E-state index is 13.0. The van der Waals surface area contributed by atoms with Crippen LogP contribution in [-0.2, 0) is 0 Å². The first kappa shape index (κ1) is 18.5. The van der Waals surface area contributed by atoms with E-state index >= 15 is 0 Å². The quantitative estimate of drug-likeness (QED) is 0.671. The second-order valence-electron chi connectivity index (χ2n) is 5.66. The average molecular weight is 388 g/mol. The van der Waals surface area contributed by atoms with Crippen molar-refractivity contribution in [2.75, 3.05) is 24.3 Å². The predicted octanol–water partition coefficient (Wildman–Crippen LogP) is 3.77. The fourth-order valence-electron chi connectivity index (χ4n) is 2.08. The van der Waals surface area contributed by atoms with E-state index in [0.717, 1.165) is 0 Å². The highest BCUT2D eigenvalue weighted by Crippen LogP contribution is 2.24. The zero-order valence-corrected chi connectivity index (χ0v) is 15.2. The van der Waals surface area contributed by atoms with Crippen LogP contribution in [0.4, 0.5) is 15.9 Å². The molecule has 2 aromatic heterocycles. The van der Waals surface area contributed by atoms with Gasteiger partial charge in [-0.1, -0.05) is 11.6 Å². The number of hydrogen-bond donors (Lipinski definition) is 1. The molecule has 0 unspecified atom stereocenters. The summed E-state index contributed by atoms with van der Waals surface area (Å²) < 4.78 is 18.7. The molecular formula is C18H15ClFN5O2. The van der Waals surface area contributed by atoms with Crippen LogP contribution in [0.15, 0.2) is 48.7 Å². The van der Waals surface area contributed by atoms with Gasteiger partial charge in [-0.2, -0.15) is 4.98 Å². The zero-order chi connectivity index (χ0) is 19.4. The van der Waals surface area contributed by atoms with Crippen LogP contribution in [0, 0.1) is 5.82 Å². The topological polar surface area (TPSA) is 80.2 Å². The number of nitrogens with one attached hydrogen (secondary N) is 1. The summed E-state index contributed by atoms with van der Waals surface area (Å²) in [6, 6.07) is 10.1. The molecule has 1 aromatic carbocycles. The van der Waals surface area contributed by atoms with Gasteiger partial charge in [0.25, 0.3) is 5.91 Å². The lowest BCUT2D eigenvalue weighted by molar-refractivity contribution is 0.101. The SMILES string of the molecule is CN(C)c1cc(Oc2ccnc(Cl)c2)nc(C(=O)Nc2ccc(F)cc2)n1. The molecule has 0 aliphatic heterocycles. The van der Waals surface area contributed by atoms with Crippen molar-refractivity contribution in [3.05, 3.63) is 65.5 Å². The number of rotatable bonds is 5. The lowest BCUT2D eigenvalue weighted by atomic mass is 10.3. The van der Waals surface area contributed by atoms with Crippen molar-refractivity contribution in [3.8, 4) is 11.6 Å². The monoisotopic (exact) mass is 387 g/mol. The highest BCUT2D eigenvalue weighted by atomic mass is 35.5. The molecule has 2 heterocycles. The summed E-state index contributed by atoms with van der Waals surface area (Å²) in [7, 11) is 3.55. The van der Waals surface area contributed by atoms with Gasteiger partial charge in [0.1, 0.15) is 22.5 Å². The Hall–Kier alpha value is -3.26. The molecule has 3 rings (SSSR count). The number of carbonyl (C=O) groups is 1. The molecule has 1 N–H and O–H groups in total. The molecule has 1 amide bonds. The van der Waals surface area contributed by atoms with Crippen molar-refractivity contribution in [2.45, 2.75) is 0 Å². The number of amides is 1. The van der Waals surface area contributed by atoms with E-state index in [0.29, 0.717) is 17.3 Å². The highest BCUT2D eigenvalue weighted by Gasteiger charge is 2.15. The molecular weight excluding hydrogens is 373 g/mol. The summed E-state index contributed by atoms with van der Waals surface area (Å²) >= 11 is 5.85. The molecule has 0 aliphatic carbocycles. The summed E-state index contributed by atoms with van der Waals surface area (Å²) in [5.74, 6) is 0.0158. The third kappa shape index (κ3) is 4.89. The lowest BCUT2D eigenvalue weighted by Crippen LogP contribution is -2.19. The van der Waals surface area contributed by atoms with Gasteiger partial charge in [0, 0.05) is 38.1 Å². The Morgan fingerprint density at radius 3 is 2.56 bits per heavy atom. The van der Waals surface area contributed by atoms with Crippen LogP contribution in [0.3, 0.4) is 0 Å². The average Bonchev–Trinajstić information content (AvgIpc) is 2.63. The molecule has 0 bridgehead atoms. The van der Waals surface area contributed by atoms with Gasteiger partial charge in [-0.15, -0.1) is 0 Å². The van der Waals surface area contributed by atoms with Gasteiger partial charge in [-0.25, -0.2) is 14.4 Å². The van der Waals surface area contributed by atoms with Crippen molar-refractivity contribution in [2.24, 2.45) is 0 Å². The Bertz CT molecular complexity index is 966. The van der Waals surface area contributed by atoms with Crippen LogP contribution >= 0.6 is 11.6 Å². The molecule has 9 heteroatoms. The Morgan fingerprint density at radius 1 is 1.15 bits per heavy atom. The van der Waals surface area contributed by atoms with Gasteiger partial charge in [0.15, 0.2) is 0 Å². The summed E-state index contributed by atoms with van der Waals surface area (Å²) in [4.78, 5) is 26.4. The fourth-order valence-corrected chi connectivity index (χ4v) is 2.25. The van der Waals surface area contributed by atoms with Crippen molar-refractivity contribution < 1.29 is 13.9 Å². The predicted molar refractivity (Wildman–Crippen MR) is 100 cm³/mol. The Balaban J connectivity index is 1.88. The maximum atomic E-state index is 13.0. The lowest BCUT2D eigenvalue weighted by Gasteiger charge is -2.14. The molecule has 138 valence electrons. The molecule has 0 spiro atoms. The van der Waals surface area contributed by atoms with E-state index in [1.165, 1.54) is 36.5 Å². The van der Waals surface area contributed by atoms with E-state index in [4.69, 9.17) is 16.3 Å². The Labute approximate surface area is 159 Å². The number of hydrogen-bond acceptors (Lipinski definition) is 6. The molecule has 0 aliphatic rings. The summed E-state index contributed by atoms with van der Waals surface area (Å²) in [5.41, 5.74) is 0.420. The highest BCUT2D eigenvalue weighted by molar-refractivity contribution is 6.29. The third-order valence-corrected chi connectivity index (χ3v) is 3.58. The first-order chi connectivity index (χ1) is 12.9. The molecule has 27 heavy (non-hydrogen) atoms. The minimum atomic E-state index is -0.553. The minimum Gasteiger partial charge on any atom is -0.439 e. The minimum absolute atomic E-state index is 0.0966. The second-order valence-corrected chi connectivity index (χ2v) is 6.05. The molecule has 0 saturated carbocycles. The van der Waals surface area contributed by atoms with Crippen LogP contribution in [0.25, 0.3) is 0 Å². The standard InChI is InChI=1S/C18H15ClFN5O2/c1-25(2)15-10-16(27-13-7-8-21-14(19)9-13)24-17(23-15)18(26)22-12-5-3-11(20)4-6-12/h3-10H,1-2H3,(H,22,26). The van der Waals surface area contributed by atoms with Gasteiger partial charge in [-0.3, -0.25) is 4.79 Å². The van der Waals surface area contributed by atoms with Crippen molar-refractivity contribution in [3.63, 3.8) is 0 Å². The van der Waals surface area contributed by atoms with Gasteiger partial charge in [0.2, 0.25) is 11.7 Å². The van der Waals surface area contributed by atoms with Crippen LogP contribution in [-0.4, -0.2) is 35.0 Å². The summed E-state index contributed by atoms with van der Waals surface area (Å²) in [6.07, 6.45) is 1.49. The van der Waals surface area contributed by atoms with Gasteiger partial charge in [0.05, 0.1) is 0 Å². The maximum Gasteiger partial charge on any atom is 0.293 e. The Kier molecular flexibility index (Phi) is 5.46. The number of benzene rings is 1. The number of nitrogens with zero attached hydrogens (tertiary/aromatic N) is 4. The molecule has 0 fully saturated rings. The molecule has 7 nitrogen and oxygen atoms in total. The van der Waals surface area contributed by atoms with Crippen LogP contribution in [0.1, 0.15) is 10.6 Å². The number of anilines is 2. The van der Waals surface area contributed by atoms with E-state index in [9.17, 15) is 9.18 Å². The van der Waals surface area contributed by atoms with E-state index in [1.54, 1.807) is 31.1 Å². The van der Waals surface area contributed by atoms with Crippen molar-refractivity contribution >= 4 is 29.0 Å². The van der Waals surface area contributed by atoms with Crippen LogP contribution in [0.5, 0.6) is 11.6 Å². The normalized spacial score (nSPS) is 10.4. The summed E-state index contributed by atoms with van der Waals surface area (Å²) in [6.45, 7) is 0. The smallest absolute Gasteiger partial charge is 0.293 e. The van der Waals surface area contributed by atoms with Crippen LogP contribution < -0.4 is 15.0 Å². The van der Waals surface area contributed by atoms with Crippen LogP contribution in [0.2, 0.25) is 5.15 Å². The molecule has 3 aromatic rings. The number of pyridine rings is 1. The van der Waals surface area contributed by atoms with E-state index < -0.39 is 11.7 Å². The van der Waals surface area contributed by atoms with Gasteiger partial charge < -0.3 is 15.0 Å².